The molecule has 5 nitrogen and oxygen atoms in total. The van der Waals surface area contributed by atoms with Crippen LogP contribution < -0.4 is 11.0 Å². The lowest BCUT2D eigenvalue weighted by atomic mass is 9.85. The summed E-state index contributed by atoms with van der Waals surface area (Å²) in [5.74, 6) is 0.683. The van der Waals surface area contributed by atoms with Crippen LogP contribution >= 0.6 is 0 Å². The van der Waals surface area contributed by atoms with Crippen LogP contribution in [0.2, 0.25) is 0 Å². The van der Waals surface area contributed by atoms with Gasteiger partial charge in [0.25, 0.3) is 0 Å². The Morgan fingerprint density at radius 3 is 2.94 bits per heavy atom. The fraction of sp³-hybridized carbons (Fsp3) is 0.818. The van der Waals surface area contributed by atoms with Gasteiger partial charge in [0.2, 0.25) is 0 Å². The Kier molecular flexibility index (Phi) is 2.55. The van der Waals surface area contributed by atoms with Gasteiger partial charge in [0, 0.05) is 13.1 Å². The minimum Gasteiger partial charge on any atom is -0.315 e. The summed E-state index contributed by atoms with van der Waals surface area (Å²) in [7, 11) is 0. The van der Waals surface area contributed by atoms with Crippen LogP contribution in [-0.4, -0.2) is 27.4 Å². The molecule has 1 N–H and O–H groups in total. The van der Waals surface area contributed by atoms with Crippen LogP contribution in [0.15, 0.2) is 11.1 Å². The normalized spacial score (nSPS) is 25.9. The van der Waals surface area contributed by atoms with Gasteiger partial charge in [-0.3, -0.25) is 4.57 Å². The molecule has 2 aliphatic rings. The van der Waals surface area contributed by atoms with Crippen molar-refractivity contribution in [3.05, 3.63) is 16.8 Å². The second-order valence-electron chi connectivity index (χ2n) is 4.95. The van der Waals surface area contributed by atoms with Crippen molar-refractivity contribution < 1.29 is 0 Å². The first kappa shape index (κ1) is 10.1. The van der Waals surface area contributed by atoms with Gasteiger partial charge in [0.05, 0.1) is 6.04 Å². The third-order valence-corrected chi connectivity index (χ3v) is 3.84. The van der Waals surface area contributed by atoms with E-state index in [1.54, 1.807) is 15.6 Å². The van der Waals surface area contributed by atoms with Crippen LogP contribution in [0.4, 0.5) is 0 Å². The lowest BCUT2D eigenvalue weighted by Crippen LogP contribution is -2.31. The zero-order chi connectivity index (χ0) is 11.0. The van der Waals surface area contributed by atoms with Crippen LogP contribution in [0.3, 0.4) is 0 Å². The maximum absolute atomic E-state index is 12.1. The summed E-state index contributed by atoms with van der Waals surface area (Å²) in [6.45, 7) is 2.71. The van der Waals surface area contributed by atoms with Crippen LogP contribution in [0.5, 0.6) is 0 Å². The minimum absolute atomic E-state index is 0.0700. The van der Waals surface area contributed by atoms with Crippen molar-refractivity contribution in [3.63, 3.8) is 0 Å². The van der Waals surface area contributed by atoms with E-state index in [2.05, 4.69) is 10.4 Å². The van der Waals surface area contributed by atoms with Gasteiger partial charge < -0.3 is 5.32 Å². The topological polar surface area (TPSA) is 51.9 Å². The van der Waals surface area contributed by atoms with Gasteiger partial charge in [-0.15, -0.1) is 0 Å². The largest absolute Gasteiger partial charge is 0.346 e. The molecule has 0 amide bonds. The molecule has 16 heavy (non-hydrogen) atoms. The van der Waals surface area contributed by atoms with E-state index < -0.39 is 0 Å². The molecule has 1 atom stereocenters. The first-order valence-electron chi connectivity index (χ1n) is 6.19. The average Bonchev–Trinajstić information content (AvgIpc) is 2.81. The fourth-order valence-electron chi connectivity index (χ4n) is 2.52. The van der Waals surface area contributed by atoms with E-state index in [0.717, 1.165) is 26.1 Å². The average molecular weight is 222 g/mol. The molecule has 5 heteroatoms. The lowest BCUT2D eigenvalue weighted by molar-refractivity contribution is 0.262. The Balaban J connectivity index is 1.76. The summed E-state index contributed by atoms with van der Waals surface area (Å²) in [5, 5.41) is 7.50. The summed E-state index contributed by atoms with van der Waals surface area (Å²) in [6.07, 6.45) is 6.56. The first-order valence-corrected chi connectivity index (χ1v) is 6.19. The Morgan fingerprint density at radius 2 is 2.31 bits per heavy atom. The van der Waals surface area contributed by atoms with Gasteiger partial charge in [0.1, 0.15) is 6.33 Å². The molecule has 1 aromatic rings. The first-order chi connectivity index (χ1) is 7.84. The molecule has 0 radical (unpaired) electrons. The number of hydrogen-bond acceptors (Lipinski definition) is 3. The second kappa shape index (κ2) is 4.05. The molecular formula is C11H18N4O. The van der Waals surface area contributed by atoms with Crippen molar-refractivity contribution in [3.8, 4) is 0 Å². The Labute approximate surface area is 94.5 Å². The fourth-order valence-corrected chi connectivity index (χ4v) is 2.52. The second-order valence-corrected chi connectivity index (χ2v) is 4.95. The standard InChI is InChI=1S/C11H18N4O/c16-11-14(10-4-5-12-6-10)8-13-15(11)7-9-2-1-3-9/h8-10,12H,1-7H2/t10-/m0/s1. The summed E-state index contributed by atoms with van der Waals surface area (Å²) in [5.41, 5.74) is 0.0700. The molecule has 2 heterocycles. The molecule has 0 unspecified atom stereocenters. The van der Waals surface area contributed by atoms with Crippen molar-refractivity contribution in [2.45, 2.75) is 38.3 Å². The van der Waals surface area contributed by atoms with E-state index in [9.17, 15) is 4.79 Å². The monoisotopic (exact) mass is 222 g/mol. The molecule has 0 aromatic carbocycles. The zero-order valence-corrected chi connectivity index (χ0v) is 9.43. The molecule has 0 bridgehead atoms. The van der Waals surface area contributed by atoms with E-state index in [-0.39, 0.29) is 5.69 Å². The maximum atomic E-state index is 12.1. The van der Waals surface area contributed by atoms with Crippen molar-refractivity contribution in [2.24, 2.45) is 5.92 Å². The Hall–Kier alpha value is -1.10. The highest BCUT2D eigenvalue weighted by molar-refractivity contribution is 4.83. The number of rotatable bonds is 3. The molecule has 88 valence electrons. The number of nitrogens with one attached hydrogen (secondary N) is 1. The van der Waals surface area contributed by atoms with Crippen molar-refractivity contribution >= 4 is 0 Å². The van der Waals surface area contributed by atoms with Gasteiger partial charge in [-0.2, -0.15) is 5.10 Å². The highest BCUT2D eigenvalue weighted by atomic mass is 16.2. The zero-order valence-electron chi connectivity index (χ0n) is 9.43. The quantitative estimate of drug-likeness (QED) is 0.804. The van der Waals surface area contributed by atoms with E-state index >= 15 is 0 Å². The Bertz CT molecular complexity index is 412. The molecule has 1 aliphatic carbocycles. The third-order valence-electron chi connectivity index (χ3n) is 3.84. The predicted molar refractivity (Wildman–Crippen MR) is 60.4 cm³/mol. The van der Waals surface area contributed by atoms with Crippen LogP contribution in [0.25, 0.3) is 0 Å². The molecule has 1 aliphatic heterocycles. The van der Waals surface area contributed by atoms with Crippen molar-refractivity contribution in [2.75, 3.05) is 13.1 Å². The molecular weight excluding hydrogens is 204 g/mol. The summed E-state index contributed by atoms with van der Waals surface area (Å²) >= 11 is 0. The molecule has 3 rings (SSSR count). The Morgan fingerprint density at radius 1 is 1.44 bits per heavy atom. The number of nitrogens with zero attached hydrogens (tertiary/aromatic N) is 3. The smallest absolute Gasteiger partial charge is 0.315 e. The number of aromatic nitrogens is 3. The van der Waals surface area contributed by atoms with Gasteiger partial charge in [-0.25, -0.2) is 9.48 Å². The van der Waals surface area contributed by atoms with E-state index in [1.165, 1.54) is 19.3 Å². The lowest BCUT2D eigenvalue weighted by Gasteiger charge is -2.24. The van der Waals surface area contributed by atoms with Gasteiger partial charge in [-0.1, -0.05) is 6.42 Å². The van der Waals surface area contributed by atoms with Gasteiger partial charge >= 0.3 is 5.69 Å². The number of hydrogen-bond donors (Lipinski definition) is 1. The highest BCUT2D eigenvalue weighted by Gasteiger charge is 2.22. The molecule has 2 fully saturated rings. The summed E-state index contributed by atoms with van der Waals surface area (Å²) < 4.78 is 3.43. The van der Waals surface area contributed by atoms with Gasteiger partial charge in [-0.05, 0) is 31.7 Å². The highest BCUT2D eigenvalue weighted by Crippen LogP contribution is 2.27. The summed E-state index contributed by atoms with van der Waals surface area (Å²) in [4.78, 5) is 12.1. The van der Waals surface area contributed by atoms with Crippen molar-refractivity contribution in [1.29, 1.82) is 0 Å². The SMILES string of the molecule is O=c1n([C@H]2CCNC2)cnn1CC1CCC1. The predicted octanol–water partition coefficient (Wildman–Crippen LogP) is 0.379. The minimum atomic E-state index is 0.0700. The maximum Gasteiger partial charge on any atom is 0.346 e. The van der Waals surface area contributed by atoms with E-state index in [1.807, 2.05) is 0 Å². The summed E-state index contributed by atoms with van der Waals surface area (Å²) in [6, 6.07) is 0.308. The van der Waals surface area contributed by atoms with E-state index in [4.69, 9.17) is 0 Å². The van der Waals surface area contributed by atoms with Crippen LogP contribution in [0, 0.1) is 5.92 Å². The molecule has 0 spiro atoms. The molecule has 1 saturated heterocycles. The van der Waals surface area contributed by atoms with Gasteiger partial charge in [0.15, 0.2) is 0 Å². The molecule has 1 saturated carbocycles. The van der Waals surface area contributed by atoms with Crippen molar-refractivity contribution in [1.82, 2.24) is 19.7 Å². The van der Waals surface area contributed by atoms with Crippen LogP contribution in [0.1, 0.15) is 31.7 Å². The van der Waals surface area contributed by atoms with E-state index in [0.29, 0.717) is 12.0 Å². The third kappa shape index (κ3) is 1.69. The molecule has 1 aromatic heterocycles. The van der Waals surface area contributed by atoms with Crippen LogP contribution in [-0.2, 0) is 6.54 Å².